The summed E-state index contributed by atoms with van der Waals surface area (Å²) in [4.78, 5) is 12.2. The van der Waals surface area contributed by atoms with Crippen molar-refractivity contribution >= 4 is 29.1 Å². The molecule has 2 aromatic rings. The summed E-state index contributed by atoms with van der Waals surface area (Å²) in [5.74, 6) is 0.431. The molecule has 23 heavy (non-hydrogen) atoms. The first-order chi connectivity index (χ1) is 10.9. The highest BCUT2D eigenvalue weighted by molar-refractivity contribution is 6.32. The number of hydrogen-bond donors (Lipinski definition) is 1. The Balaban J connectivity index is 1.96. The second-order valence-electron chi connectivity index (χ2n) is 5.44. The molecular weight excluding hydrogens is 333 g/mol. The predicted octanol–water partition coefficient (Wildman–Crippen LogP) is 4.69. The Labute approximate surface area is 146 Å². The van der Waals surface area contributed by atoms with Crippen molar-refractivity contribution in [2.75, 3.05) is 0 Å². The highest BCUT2D eigenvalue weighted by atomic mass is 35.5. The smallest absolute Gasteiger partial charge is 0.261 e. The Morgan fingerprint density at radius 3 is 2.39 bits per heavy atom. The number of ether oxygens (including phenoxy) is 1. The molecule has 0 spiro atoms. The second-order valence-corrected chi connectivity index (χ2v) is 6.23. The molecule has 0 saturated heterocycles. The van der Waals surface area contributed by atoms with E-state index in [4.69, 9.17) is 27.9 Å². The van der Waals surface area contributed by atoms with Crippen LogP contribution in [0.4, 0.5) is 0 Å². The molecule has 2 rings (SSSR count). The van der Waals surface area contributed by atoms with Crippen LogP contribution in [0.15, 0.2) is 36.4 Å². The number of nitrogens with one attached hydrogen (secondary N) is 1. The van der Waals surface area contributed by atoms with Crippen molar-refractivity contribution in [2.24, 2.45) is 0 Å². The van der Waals surface area contributed by atoms with Crippen LogP contribution in [0.25, 0.3) is 0 Å². The van der Waals surface area contributed by atoms with Crippen LogP contribution in [0.1, 0.15) is 23.6 Å². The third-order valence-corrected chi connectivity index (χ3v) is 4.47. The average Bonchev–Trinajstić information content (AvgIpc) is 2.51. The molecule has 0 bridgehead atoms. The molecule has 5 heteroatoms. The summed E-state index contributed by atoms with van der Waals surface area (Å²) >= 11 is 12.2. The molecule has 0 fully saturated rings. The van der Waals surface area contributed by atoms with E-state index in [-0.39, 0.29) is 5.91 Å². The van der Waals surface area contributed by atoms with Crippen LogP contribution in [0.5, 0.6) is 5.75 Å². The molecule has 3 nitrogen and oxygen atoms in total. The van der Waals surface area contributed by atoms with E-state index in [2.05, 4.69) is 5.32 Å². The summed E-state index contributed by atoms with van der Waals surface area (Å²) in [5, 5.41) is 4.17. The average molecular weight is 352 g/mol. The standard InChI is InChI=1S/C18H19Cl2NO2/c1-11-8-15(9-12(2)17(11)20)23-13(3)18(22)21-10-14-6-4-5-7-16(14)19/h4-9,13H,10H2,1-3H3,(H,21,22)/t13-/m1/s1. The maximum atomic E-state index is 12.2. The number of carbonyl (C=O) groups is 1. The summed E-state index contributed by atoms with van der Waals surface area (Å²) in [6.45, 7) is 5.89. The minimum Gasteiger partial charge on any atom is -0.481 e. The highest BCUT2D eigenvalue weighted by Gasteiger charge is 2.15. The Bertz CT molecular complexity index is 693. The van der Waals surface area contributed by atoms with E-state index in [1.54, 1.807) is 13.0 Å². The lowest BCUT2D eigenvalue weighted by molar-refractivity contribution is -0.127. The summed E-state index contributed by atoms with van der Waals surface area (Å²) in [7, 11) is 0. The Morgan fingerprint density at radius 2 is 1.78 bits per heavy atom. The fourth-order valence-electron chi connectivity index (χ4n) is 2.20. The lowest BCUT2D eigenvalue weighted by Crippen LogP contribution is -2.36. The number of hydrogen-bond acceptors (Lipinski definition) is 2. The lowest BCUT2D eigenvalue weighted by Gasteiger charge is -2.16. The maximum Gasteiger partial charge on any atom is 0.261 e. The summed E-state index contributed by atoms with van der Waals surface area (Å²) in [6.07, 6.45) is -0.613. The first-order valence-corrected chi connectivity index (χ1v) is 8.08. The van der Waals surface area contributed by atoms with Gasteiger partial charge in [-0.25, -0.2) is 0 Å². The number of aryl methyl sites for hydroxylation is 2. The van der Waals surface area contributed by atoms with Crippen LogP contribution >= 0.6 is 23.2 Å². The summed E-state index contributed by atoms with van der Waals surface area (Å²) in [6, 6.07) is 11.1. The molecule has 2 aromatic carbocycles. The zero-order chi connectivity index (χ0) is 17.0. The normalized spacial score (nSPS) is 11.9. The van der Waals surface area contributed by atoms with Gasteiger partial charge in [-0.2, -0.15) is 0 Å². The number of rotatable bonds is 5. The van der Waals surface area contributed by atoms with E-state index in [1.165, 1.54) is 0 Å². The summed E-state index contributed by atoms with van der Waals surface area (Å²) < 4.78 is 5.71. The molecule has 0 unspecified atom stereocenters. The zero-order valence-corrected chi connectivity index (χ0v) is 14.8. The van der Waals surface area contributed by atoms with Gasteiger partial charge in [0.25, 0.3) is 5.91 Å². The van der Waals surface area contributed by atoms with Gasteiger partial charge in [0.2, 0.25) is 0 Å². The predicted molar refractivity (Wildman–Crippen MR) is 94.3 cm³/mol. The molecule has 0 aliphatic heterocycles. The molecule has 0 saturated carbocycles. The second kappa shape index (κ2) is 7.71. The molecule has 0 aliphatic rings. The van der Waals surface area contributed by atoms with Crippen LogP contribution in [0, 0.1) is 13.8 Å². The quantitative estimate of drug-likeness (QED) is 0.848. The van der Waals surface area contributed by atoms with Gasteiger partial charge in [-0.05, 0) is 55.7 Å². The molecule has 0 aliphatic carbocycles. The number of halogens is 2. The van der Waals surface area contributed by atoms with E-state index in [1.807, 2.05) is 44.2 Å². The van der Waals surface area contributed by atoms with Gasteiger partial charge in [0.05, 0.1) is 0 Å². The van der Waals surface area contributed by atoms with Crippen molar-refractivity contribution in [1.82, 2.24) is 5.32 Å². The first kappa shape index (κ1) is 17.6. The van der Waals surface area contributed by atoms with Crippen LogP contribution in [-0.4, -0.2) is 12.0 Å². The molecule has 0 radical (unpaired) electrons. The Hall–Kier alpha value is -1.71. The minimum atomic E-state index is -0.613. The maximum absolute atomic E-state index is 12.2. The molecular formula is C18H19Cl2NO2. The monoisotopic (exact) mass is 351 g/mol. The van der Waals surface area contributed by atoms with Crippen LogP contribution in [0.3, 0.4) is 0 Å². The van der Waals surface area contributed by atoms with Gasteiger partial charge in [0.1, 0.15) is 5.75 Å². The SMILES string of the molecule is Cc1cc(O[C@H](C)C(=O)NCc2ccccc2Cl)cc(C)c1Cl. The number of amides is 1. The van der Waals surface area contributed by atoms with Crippen LogP contribution < -0.4 is 10.1 Å². The van der Waals surface area contributed by atoms with Gasteiger partial charge in [0, 0.05) is 16.6 Å². The van der Waals surface area contributed by atoms with Crippen LogP contribution in [0.2, 0.25) is 10.0 Å². The van der Waals surface area contributed by atoms with E-state index >= 15 is 0 Å². The van der Waals surface area contributed by atoms with Gasteiger partial charge < -0.3 is 10.1 Å². The molecule has 122 valence electrons. The highest BCUT2D eigenvalue weighted by Crippen LogP contribution is 2.26. The van der Waals surface area contributed by atoms with Crippen LogP contribution in [-0.2, 0) is 11.3 Å². The van der Waals surface area contributed by atoms with Gasteiger partial charge >= 0.3 is 0 Å². The van der Waals surface area contributed by atoms with Crippen molar-refractivity contribution in [3.8, 4) is 5.75 Å². The van der Waals surface area contributed by atoms with Crippen molar-refractivity contribution in [1.29, 1.82) is 0 Å². The minimum absolute atomic E-state index is 0.199. The van der Waals surface area contributed by atoms with Gasteiger partial charge in [0.15, 0.2) is 6.10 Å². The largest absolute Gasteiger partial charge is 0.481 e. The number of carbonyl (C=O) groups excluding carboxylic acids is 1. The Morgan fingerprint density at radius 1 is 1.17 bits per heavy atom. The molecule has 0 aromatic heterocycles. The molecule has 0 heterocycles. The van der Waals surface area contributed by atoms with Crippen molar-refractivity contribution in [3.05, 3.63) is 63.1 Å². The van der Waals surface area contributed by atoms with Crippen molar-refractivity contribution < 1.29 is 9.53 Å². The van der Waals surface area contributed by atoms with Crippen molar-refractivity contribution in [3.63, 3.8) is 0 Å². The van der Waals surface area contributed by atoms with E-state index < -0.39 is 6.10 Å². The first-order valence-electron chi connectivity index (χ1n) is 7.33. The van der Waals surface area contributed by atoms with Gasteiger partial charge in [-0.15, -0.1) is 0 Å². The topological polar surface area (TPSA) is 38.3 Å². The molecule has 1 amide bonds. The lowest BCUT2D eigenvalue weighted by atomic mass is 10.1. The van der Waals surface area contributed by atoms with E-state index in [0.717, 1.165) is 16.7 Å². The van der Waals surface area contributed by atoms with E-state index in [9.17, 15) is 4.79 Å². The van der Waals surface area contributed by atoms with E-state index in [0.29, 0.717) is 22.3 Å². The van der Waals surface area contributed by atoms with Gasteiger partial charge in [-0.3, -0.25) is 4.79 Å². The summed E-state index contributed by atoms with van der Waals surface area (Å²) in [5.41, 5.74) is 2.71. The zero-order valence-electron chi connectivity index (χ0n) is 13.3. The number of benzene rings is 2. The third-order valence-electron chi connectivity index (χ3n) is 3.50. The van der Waals surface area contributed by atoms with Crippen molar-refractivity contribution in [2.45, 2.75) is 33.4 Å². The molecule has 1 atom stereocenters. The van der Waals surface area contributed by atoms with Gasteiger partial charge in [-0.1, -0.05) is 41.4 Å². The fraction of sp³-hybridized carbons (Fsp3) is 0.278. The molecule has 1 N–H and O–H groups in total. The third kappa shape index (κ3) is 4.63. The Kier molecular flexibility index (Phi) is 5.91. The fourth-order valence-corrected chi connectivity index (χ4v) is 2.51.